The van der Waals surface area contributed by atoms with Crippen molar-refractivity contribution in [3.63, 3.8) is 0 Å². The summed E-state index contributed by atoms with van der Waals surface area (Å²) in [6.07, 6.45) is 2.08. The molecule has 1 amide bonds. The van der Waals surface area contributed by atoms with E-state index in [1.165, 1.54) is 11.3 Å². The minimum Gasteiger partial charge on any atom is -0.284 e. The Kier molecular flexibility index (Phi) is 4.62. The van der Waals surface area contributed by atoms with Crippen LogP contribution in [0, 0.1) is 0 Å². The molecule has 2 aromatic heterocycles. The smallest absolute Gasteiger partial charge is 0.225 e. The summed E-state index contributed by atoms with van der Waals surface area (Å²) in [5, 5.41) is 10.7. The highest BCUT2D eigenvalue weighted by Gasteiger charge is 2.34. The molecular weight excluding hydrogens is 376 g/mol. The Morgan fingerprint density at radius 3 is 2.92 bits per heavy atom. The highest BCUT2D eigenvalue weighted by molar-refractivity contribution is 8.00. The molecule has 1 saturated carbocycles. The number of aromatic nitrogens is 3. The normalized spacial score (nSPS) is 14.0. The van der Waals surface area contributed by atoms with E-state index >= 15 is 0 Å². The van der Waals surface area contributed by atoms with Crippen LogP contribution < -0.4 is 4.90 Å². The third-order valence-corrected chi connectivity index (χ3v) is 6.39. The van der Waals surface area contributed by atoms with Gasteiger partial charge in [0.2, 0.25) is 11.0 Å². The van der Waals surface area contributed by atoms with Crippen molar-refractivity contribution in [2.75, 3.05) is 4.90 Å². The van der Waals surface area contributed by atoms with Crippen LogP contribution in [0.3, 0.4) is 0 Å². The lowest BCUT2D eigenvalue weighted by molar-refractivity contribution is -0.116. The number of pyridine rings is 1. The highest BCUT2D eigenvalue weighted by atomic mass is 35.5. The zero-order valence-corrected chi connectivity index (χ0v) is 15.9. The van der Waals surface area contributed by atoms with Gasteiger partial charge in [0.15, 0.2) is 4.34 Å². The van der Waals surface area contributed by atoms with Crippen molar-refractivity contribution in [3.05, 3.63) is 41.0 Å². The number of anilines is 1. The van der Waals surface area contributed by atoms with Crippen LogP contribution in [0.4, 0.5) is 5.13 Å². The van der Waals surface area contributed by atoms with Gasteiger partial charge >= 0.3 is 0 Å². The lowest BCUT2D eigenvalue weighted by Crippen LogP contribution is -2.30. The third-order valence-electron chi connectivity index (χ3n) is 3.95. The van der Waals surface area contributed by atoms with Gasteiger partial charge in [0, 0.05) is 29.7 Å². The van der Waals surface area contributed by atoms with Crippen molar-refractivity contribution in [3.8, 4) is 0 Å². The van der Waals surface area contributed by atoms with Gasteiger partial charge in [0.1, 0.15) is 5.15 Å². The van der Waals surface area contributed by atoms with E-state index in [2.05, 4.69) is 21.2 Å². The van der Waals surface area contributed by atoms with Gasteiger partial charge < -0.3 is 0 Å². The quantitative estimate of drug-likeness (QED) is 0.363. The number of thioether (sulfide) groups is 1. The number of para-hydroxylation sites is 1. The number of hydrogen-bond acceptors (Lipinski definition) is 6. The second kappa shape index (κ2) is 6.90. The van der Waals surface area contributed by atoms with Crippen molar-refractivity contribution >= 4 is 56.6 Å². The summed E-state index contributed by atoms with van der Waals surface area (Å²) in [5.41, 5.74) is 1.86. The van der Waals surface area contributed by atoms with Crippen LogP contribution in [0.15, 0.2) is 34.7 Å². The molecule has 1 aliphatic carbocycles. The summed E-state index contributed by atoms with van der Waals surface area (Å²) in [6.45, 7) is 1.58. The fourth-order valence-corrected chi connectivity index (χ4v) is 4.84. The van der Waals surface area contributed by atoms with Crippen molar-refractivity contribution in [1.82, 2.24) is 15.2 Å². The molecule has 3 aromatic rings. The molecule has 0 N–H and O–H groups in total. The third kappa shape index (κ3) is 3.63. The number of halogens is 1. The molecule has 0 spiro atoms. The summed E-state index contributed by atoms with van der Waals surface area (Å²) in [5.74, 6) is 0.686. The predicted octanol–water partition coefficient (Wildman–Crippen LogP) is 4.55. The van der Waals surface area contributed by atoms with Gasteiger partial charge in [0.25, 0.3) is 0 Å². The fourth-order valence-electron chi connectivity index (χ4n) is 2.62. The summed E-state index contributed by atoms with van der Waals surface area (Å²) in [4.78, 5) is 18.0. The van der Waals surface area contributed by atoms with E-state index < -0.39 is 0 Å². The lowest BCUT2D eigenvalue weighted by atomic mass is 10.2. The van der Waals surface area contributed by atoms with E-state index in [1.54, 1.807) is 23.6 Å². The first-order valence-corrected chi connectivity index (χ1v) is 10.1. The van der Waals surface area contributed by atoms with Crippen LogP contribution in [-0.2, 0) is 10.5 Å². The molecule has 1 aromatic carbocycles. The van der Waals surface area contributed by atoms with Crippen LogP contribution in [0.25, 0.3) is 10.9 Å². The van der Waals surface area contributed by atoms with Gasteiger partial charge in [-0.3, -0.25) is 9.69 Å². The molecule has 0 unspecified atom stereocenters. The number of fused-ring (bicyclic) bond motifs is 1. The molecule has 0 saturated heterocycles. The first kappa shape index (κ1) is 16.8. The zero-order valence-electron chi connectivity index (χ0n) is 13.5. The summed E-state index contributed by atoms with van der Waals surface area (Å²) in [7, 11) is 0. The van der Waals surface area contributed by atoms with E-state index in [1.807, 2.05) is 24.3 Å². The Bertz CT molecular complexity index is 941. The minimum absolute atomic E-state index is 0.0250. The summed E-state index contributed by atoms with van der Waals surface area (Å²) >= 11 is 9.32. The molecular formula is C17H15ClN4OS2. The Morgan fingerprint density at radius 2 is 2.16 bits per heavy atom. The molecule has 0 bridgehead atoms. The van der Waals surface area contributed by atoms with E-state index in [0.717, 1.165) is 33.6 Å². The van der Waals surface area contributed by atoms with Crippen LogP contribution in [-0.4, -0.2) is 27.1 Å². The maximum Gasteiger partial charge on any atom is 0.225 e. The lowest BCUT2D eigenvalue weighted by Gasteiger charge is -2.15. The first-order valence-electron chi connectivity index (χ1n) is 7.92. The number of hydrogen-bond donors (Lipinski definition) is 0. The van der Waals surface area contributed by atoms with Crippen LogP contribution in [0.1, 0.15) is 25.3 Å². The Labute approximate surface area is 158 Å². The average Bonchev–Trinajstić information content (AvgIpc) is 3.30. The van der Waals surface area contributed by atoms with Crippen LogP contribution >= 0.6 is 34.7 Å². The molecule has 8 heteroatoms. The largest absolute Gasteiger partial charge is 0.284 e. The highest BCUT2D eigenvalue weighted by Crippen LogP contribution is 2.37. The average molecular weight is 391 g/mol. The van der Waals surface area contributed by atoms with Crippen LogP contribution in [0.2, 0.25) is 5.15 Å². The molecule has 128 valence electrons. The molecule has 0 atom stereocenters. The van der Waals surface area contributed by atoms with Gasteiger partial charge in [-0.05, 0) is 25.0 Å². The Hall–Kier alpha value is -1.70. The SMILES string of the molecule is CC(=O)N(c1nnc(SCc2cc3ccccc3nc2Cl)s1)C1CC1. The fraction of sp³-hybridized carbons (Fsp3) is 0.294. The molecule has 1 fully saturated rings. The van der Waals surface area contributed by atoms with Gasteiger partial charge in [-0.15, -0.1) is 10.2 Å². The number of amides is 1. The number of nitrogens with zero attached hydrogens (tertiary/aromatic N) is 4. The van der Waals surface area contributed by atoms with E-state index in [4.69, 9.17) is 11.6 Å². The summed E-state index contributed by atoms with van der Waals surface area (Å²) < 4.78 is 0.825. The topological polar surface area (TPSA) is 59.0 Å². The van der Waals surface area contributed by atoms with Crippen molar-refractivity contribution in [2.24, 2.45) is 0 Å². The van der Waals surface area contributed by atoms with Gasteiger partial charge in [0.05, 0.1) is 5.52 Å². The second-order valence-corrected chi connectivity index (χ2v) is 8.43. The molecule has 5 nitrogen and oxygen atoms in total. The van der Waals surface area contributed by atoms with E-state index in [-0.39, 0.29) is 5.91 Å². The van der Waals surface area contributed by atoms with Crippen LogP contribution in [0.5, 0.6) is 0 Å². The van der Waals surface area contributed by atoms with Crippen molar-refractivity contribution < 1.29 is 4.79 Å². The molecule has 2 heterocycles. The number of benzene rings is 1. The molecule has 1 aliphatic rings. The zero-order chi connectivity index (χ0) is 17.4. The molecule has 4 rings (SSSR count). The number of carbonyl (C=O) groups excluding carboxylic acids is 1. The van der Waals surface area contributed by atoms with Gasteiger partial charge in [-0.25, -0.2) is 4.98 Å². The van der Waals surface area contributed by atoms with Crippen molar-refractivity contribution in [2.45, 2.75) is 35.9 Å². The molecule has 0 aliphatic heterocycles. The Morgan fingerprint density at radius 1 is 1.36 bits per heavy atom. The van der Waals surface area contributed by atoms with Crippen molar-refractivity contribution in [1.29, 1.82) is 0 Å². The Balaban J connectivity index is 1.50. The maximum absolute atomic E-state index is 11.8. The van der Waals surface area contributed by atoms with E-state index in [0.29, 0.717) is 22.1 Å². The predicted molar refractivity (Wildman–Crippen MR) is 102 cm³/mol. The molecule has 0 radical (unpaired) electrons. The van der Waals surface area contributed by atoms with Gasteiger partial charge in [-0.2, -0.15) is 0 Å². The first-order chi connectivity index (χ1) is 12.1. The summed E-state index contributed by atoms with van der Waals surface area (Å²) in [6, 6.07) is 10.3. The number of rotatable bonds is 5. The minimum atomic E-state index is 0.0250. The van der Waals surface area contributed by atoms with Gasteiger partial charge in [-0.1, -0.05) is 52.9 Å². The maximum atomic E-state index is 11.8. The standard InChI is InChI=1S/C17H15ClN4OS2/c1-10(23)22(13-6-7-13)16-20-21-17(25-16)24-9-12-8-11-4-2-3-5-14(11)19-15(12)18/h2-5,8,13H,6-7,9H2,1H3. The molecule has 25 heavy (non-hydrogen) atoms. The monoisotopic (exact) mass is 390 g/mol. The van der Waals surface area contributed by atoms with E-state index in [9.17, 15) is 4.79 Å². The number of carbonyl (C=O) groups is 1. The second-order valence-electron chi connectivity index (χ2n) is 5.89.